The summed E-state index contributed by atoms with van der Waals surface area (Å²) in [5.41, 5.74) is 7.03. The second kappa shape index (κ2) is 7.07. The molecule has 0 amide bonds. The predicted octanol–water partition coefficient (Wildman–Crippen LogP) is 2.24. The van der Waals surface area contributed by atoms with Crippen molar-refractivity contribution < 1.29 is 9.47 Å². The third kappa shape index (κ3) is 3.95. The lowest BCUT2D eigenvalue weighted by molar-refractivity contribution is 0.0189. The summed E-state index contributed by atoms with van der Waals surface area (Å²) in [4.78, 5) is 0. The summed E-state index contributed by atoms with van der Waals surface area (Å²) in [6, 6.07) is 8.27. The quantitative estimate of drug-likeness (QED) is 0.803. The van der Waals surface area contributed by atoms with Crippen LogP contribution in [0.15, 0.2) is 24.3 Å². The highest BCUT2D eigenvalue weighted by Crippen LogP contribution is 2.25. The van der Waals surface area contributed by atoms with Crippen LogP contribution in [0, 0.1) is 0 Å². The SMILES string of the molecule is CCOc1cccc(C(CN)NCC2(C)CCCO2)c1. The molecule has 3 N–H and O–H groups in total. The highest BCUT2D eigenvalue weighted by atomic mass is 16.5. The molecule has 0 saturated carbocycles. The second-order valence-electron chi connectivity index (χ2n) is 5.58. The van der Waals surface area contributed by atoms with E-state index in [-0.39, 0.29) is 11.6 Å². The molecule has 2 rings (SSSR count). The molecule has 2 atom stereocenters. The van der Waals surface area contributed by atoms with E-state index in [0.717, 1.165) is 31.7 Å². The van der Waals surface area contributed by atoms with E-state index in [4.69, 9.17) is 15.2 Å². The highest BCUT2D eigenvalue weighted by Gasteiger charge is 2.30. The first kappa shape index (κ1) is 15.3. The Bertz CT molecular complexity index is 417. The maximum atomic E-state index is 5.91. The van der Waals surface area contributed by atoms with Crippen molar-refractivity contribution in [3.05, 3.63) is 29.8 Å². The van der Waals surface area contributed by atoms with Gasteiger partial charge in [0.05, 0.1) is 12.2 Å². The minimum atomic E-state index is -0.0506. The minimum Gasteiger partial charge on any atom is -0.494 e. The zero-order valence-corrected chi connectivity index (χ0v) is 12.5. The summed E-state index contributed by atoms with van der Waals surface area (Å²) in [5.74, 6) is 0.897. The van der Waals surface area contributed by atoms with Gasteiger partial charge < -0.3 is 20.5 Å². The Morgan fingerprint density at radius 2 is 2.35 bits per heavy atom. The number of hydrogen-bond donors (Lipinski definition) is 2. The lowest BCUT2D eigenvalue weighted by Crippen LogP contribution is -2.40. The molecule has 20 heavy (non-hydrogen) atoms. The summed E-state index contributed by atoms with van der Waals surface area (Å²) >= 11 is 0. The molecule has 112 valence electrons. The van der Waals surface area contributed by atoms with Gasteiger partial charge in [-0.1, -0.05) is 12.1 Å². The molecule has 1 heterocycles. The third-order valence-electron chi connectivity index (χ3n) is 3.83. The van der Waals surface area contributed by atoms with Gasteiger partial charge in [-0.3, -0.25) is 0 Å². The van der Waals surface area contributed by atoms with Gasteiger partial charge in [-0.2, -0.15) is 0 Å². The number of nitrogens with two attached hydrogens (primary N) is 1. The normalized spacial score (nSPS) is 23.8. The number of benzene rings is 1. The smallest absolute Gasteiger partial charge is 0.119 e. The highest BCUT2D eigenvalue weighted by molar-refractivity contribution is 5.30. The van der Waals surface area contributed by atoms with Gasteiger partial charge in [0.15, 0.2) is 0 Å². The summed E-state index contributed by atoms with van der Waals surface area (Å²) in [6.07, 6.45) is 2.25. The van der Waals surface area contributed by atoms with Crippen LogP contribution in [0.5, 0.6) is 5.75 Å². The first-order valence-electron chi connectivity index (χ1n) is 7.47. The lowest BCUT2D eigenvalue weighted by atomic mass is 10.0. The molecule has 4 nitrogen and oxygen atoms in total. The average molecular weight is 278 g/mol. The van der Waals surface area contributed by atoms with Gasteiger partial charge in [0.2, 0.25) is 0 Å². The molecule has 0 bridgehead atoms. The molecular formula is C16H26N2O2. The second-order valence-corrected chi connectivity index (χ2v) is 5.58. The number of hydrogen-bond acceptors (Lipinski definition) is 4. The number of nitrogens with one attached hydrogen (secondary N) is 1. The van der Waals surface area contributed by atoms with E-state index in [1.165, 1.54) is 5.56 Å². The van der Waals surface area contributed by atoms with E-state index in [0.29, 0.717) is 13.2 Å². The molecule has 1 aromatic rings. The fourth-order valence-electron chi connectivity index (χ4n) is 2.64. The number of rotatable bonds is 7. The molecule has 1 aliphatic heterocycles. The van der Waals surface area contributed by atoms with Crippen LogP contribution in [0.4, 0.5) is 0 Å². The fourth-order valence-corrected chi connectivity index (χ4v) is 2.64. The molecule has 2 unspecified atom stereocenters. The van der Waals surface area contributed by atoms with Crippen LogP contribution < -0.4 is 15.8 Å². The van der Waals surface area contributed by atoms with E-state index in [2.05, 4.69) is 24.4 Å². The van der Waals surface area contributed by atoms with Crippen LogP contribution in [-0.4, -0.2) is 31.9 Å². The topological polar surface area (TPSA) is 56.5 Å². The largest absolute Gasteiger partial charge is 0.494 e. The van der Waals surface area contributed by atoms with E-state index in [1.807, 2.05) is 19.1 Å². The minimum absolute atomic E-state index is 0.0506. The van der Waals surface area contributed by atoms with Crippen LogP contribution in [0.1, 0.15) is 38.3 Å². The first-order chi connectivity index (χ1) is 9.67. The van der Waals surface area contributed by atoms with Crippen molar-refractivity contribution in [2.45, 2.75) is 38.3 Å². The molecular weight excluding hydrogens is 252 g/mol. The van der Waals surface area contributed by atoms with Gasteiger partial charge in [0.25, 0.3) is 0 Å². The van der Waals surface area contributed by atoms with E-state index in [9.17, 15) is 0 Å². The molecule has 0 aromatic heterocycles. The fraction of sp³-hybridized carbons (Fsp3) is 0.625. The van der Waals surface area contributed by atoms with E-state index in [1.54, 1.807) is 0 Å². The predicted molar refractivity (Wildman–Crippen MR) is 81.0 cm³/mol. The molecule has 4 heteroatoms. The standard InChI is InChI=1S/C16H26N2O2/c1-3-19-14-7-4-6-13(10-14)15(11-17)18-12-16(2)8-5-9-20-16/h4,6-7,10,15,18H,3,5,8-9,11-12,17H2,1-2H3. The van der Waals surface area contributed by atoms with Crippen molar-refractivity contribution in [2.24, 2.45) is 5.73 Å². The van der Waals surface area contributed by atoms with Crippen molar-refractivity contribution >= 4 is 0 Å². The summed E-state index contributed by atoms with van der Waals surface area (Å²) in [5, 5.41) is 3.53. The van der Waals surface area contributed by atoms with Crippen LogP contribution in [0.2, 0.25) is 0 Å². The monoisotopic (exact) mass is 278 g/mol. The van der Waals surface area contributed by atoms with Crippen LogP contribution in [-0.2, 0) is 4.74 Å². The van der Waals surface area contributed by atoms with Gasteiger partial charge >= 0.3 is 0 Å². The summed E-state index contributed by atoms with van der Waals surface area (Å²) in [6.45, 7) is 7.08. The Balaban J connectivity index is 1.98. The Labute approximate surface area is 121 Å². The molecule has 0 aliphatic carbocycles. The molecule has 1 aliphatic rings. The molecule has 0 spiro atoms. The van der Waals surface area contributed by atoms with E-state index >= 15 is 0 Å². The van der Waals surface area contributed by atoms with Crippen molar-refractivity contribution in [3.63, 3.8) is 0 Å². The van der Waals surface area contributed by atoms with Crippen molar-refractivity contribution in [1.82, 2.24) is 5.32 Å². The van der Waals surface area contributed by atoms with Gasteiger partial charge in [0.1, 0.15) is 5.75 Å². The molecule has 1 saturated heterocycles. The number of ether oxygens (including phenoxy) is 2. The molecule has 1 fully saturated rings. The van der Waals surface area contributed by atoms with Gasteiger partial charge in [-0.25, -0.2) is 0 Å². The summed E-state index contributed by atoms with van der Waals surface area (Å²) < 4.78 is 11.4. The Morgan fingerprint density at radius 1 is 1.50 bits per heavy atom. The maximum Gasteiger partial charge on any atom is 0.119 e. The van der Waals surface area contributed by atoms with Gasteiger partial charge in [-0.05, 0) is 44.4 Å². The lowest BCUT2D eigenvalue weighted by Gasteiger charge is -2.27. The molecule has 1 aromatic carbocycles. The van der Waals surface area contributed by atoms with E-state index < -0.39 is 0 Å². The zero-order chi connectivity index (χ0) is 14.4. The van der Waals surface area contributed by atoms with Crippen molar-refractivity contribution in [2.75, 3.05) is 26.3 Å². The van der Waals surface area contributed by atoms with Crippen LogP contribution >= 0.6 is 0 Å². The average Bonchev–Trinajstić information content (AvgIpc) is 2.88. The Kier molecular flexibility index (Phi) is 5.40. The molecule has 0 radical (unpaired) electrons. The van der Waals surface area contributed by atoms with Crippen LogP contribution in [0.25, 0.3) is 0 Å². The third-order valence-corrected chi connectivity index (χ3v) is 3.83. The van der Waals surface area contributed by atoms with Crippen molar-refractivity contribution in [1.29, 1.82) is 0 Å². The van der Waals surface area contributed by atoms with Crippen LogP contribution in [0.3, 0.4) is 0 Å². The van der Waals surface area contributed by atoms with Crippen molar-refractivity contribution in [3.8, 4) is 5.75 Å². The maximum absolute atomic E-state index is 5.91. The zero-order valence-electron chi connectivity index (χ0n) is 12.5. The first-order valence-corrected chi connectivity index (χ1v) is 7.47. The van der Waals surface area contributed by atoms with Gasteiger partial charge in [0, 0.05) is 25.7 Å². The summed E-state index contributed by atoms with van der Waals surface area (Å²) in [7, 11) is 0. The van der Waals surface area contributed by atoms with Gasteiger partial charge in [-0.15, -0.1) is 0 Å². The Hall–Kier alpha value is -1.10. The Morgan fingerprint density at radius 3 is 3.00 bits per heavy atom.